The zero-order chi connectivity index (χ0) is 21.3. The molecule has 30 heavy (non-hydrogen) atoms. The van der Waals surface area contributed by atoms with Crippen molar-refractivity contribution in [1.29, 1.82) is 0 Å². The standard InChI is InChI=1S/C24H26N2O4/c1-16(2)10-11-26-23(28)19-9-8-18(14-20(19)24(26)29)22(27)25-12-13-30-21(15-25)17-6-4-3-5-7-17/h3-9,14,16,21H,10-13,15H2,1-2H3. The first kappa shape index (κ1) is 20.3. The molecular weight excluding hydrogens is 380 g/mol. The van der Waals surface area contributed by atoms with E-state index < -0.39 is 0 Å². The number of nitrogens with zero attached hydrogens (tertiary/aromatic N) is 2. The van der Waals surface area contributed by atoms with Gasteiger partial charge in [-0.2, -0.15) is 0 Å². The maximum Gasteiger partial charge on any atom is 0.261 e. The summed E-state index contributed by atoms with van der Waals surface area (Å²) in [6.07, 6.45) is 0.583. The highest BCUT2D eigenvalue weighted by molar-refractivity contribution is 6.22. The van der Waals surface area contributed by atoms with Gasteiger partial charge in [0.15, 0.2) is 0 Å². The fourth-order valence-electron chi connectivity index (χ4n) is 3.90. The predicted molar refractivity (Wildman–Crippen MR) is 112 cm³/mol. The highest BCUT2D eigenvalue weighted by Crippen LogP contribution is 2.27. The van der Waals surface area contributed by atoms with Gasteiger partial charge in [0.2, 0.25) is 0 Å². The Hall–Kier alpha value is -2.99. The molecule has 2 aromatic rings. The SMILES string of the molecule is CC(C)CCN1C(=O)c2ccc(C(=O)N3CCOC(c4ccccc4)C3)cc2C1=O. The van der Waals surface area contributed by atoms with Crippen LogP contribution in [0.15, 0.2) is 48.5 Å². The molecule has 1 unspecified atom stereocenters. The molecule has 2 aromatic carbocycles. The Balaban J connectivity index is 1.51. The fourth-order valence-corrected chi connectivity index (χ4v) is 3.90. The minimum atomic E-state index is -0.311. The Labute approximate surface area is 176 Å². The van der Waals surface area contributed by atoms with Crippen LogP contribution in [0.3, 0.4) is 0 Å². The van der Waals surface area contributed by atoms with Gasteiger partial charge in [0.25, 0.3) is 17.7 Å². The van der Waals surface area contributed by atoms with Crippen molar-refractivity contribution in [1.82, 2.24) is 9.80 Å². The molecule has 156 valence electrons. The van der Waals surface area contributed by atoms with Gasteiger partial charge in [-0.05, 0) is 36.1 Å². The van der Waals surface area contributed by atoms with Gasteiger partial charge in [-0.1, -0.05) is 44.2 Å². The molecular formula is C24H26N2O4. The Morgan fingerprint density at radius 1 is 1.07 bits per heavy atom. The minimum Gasteiger partial charge on any atom is -0.370 e. The van der Waals surface area contributed by atoms with Crippen LogP contribution in [0.4, 0.5) is 0 Å². The van der Waals surface area contributed by atoms with Gasteiger partial charge in [0.05, 0.1) is 24.3 Å². The lowest BCUT2D eigenvalue weighted by atomic mass is 10.0. The van der Waals surface area contributed by atoms with Crippen molar-refractivity contribution in [2.75, 3.05) is 26.2 Å². The highest BCUT2D eigenvalue weighted by atomic mass is 16.5. The first-order chi connectivity index (χ1) is 14.5. The first-order valence-corrected chi connectivity index (χ1v) is 10.4. The van der Waals surface area contributed by atoms with E-state index >= 15 is 0 Å². The van der Waals surface area contributed by atoms with Crippen molar-refractivity contribution in [3.05, 3.63) is 70.8 Å². The Morgan fingerprint density at radius 2 is 1.80 bits per heavy atom. The van der Waals surface area contributed by atoms with Crippen LogP contribution in [0, 0.1) is 5.92 Å². The monoisotopic (exact) mass is 406 g/mol. The molecule has 1 atom stereocenters. The van der Waals surface area contributed by atoms with Gasteiger partial charge in [-0.15, -0.1) is 0 Å². The van der Waals surface area contributed by atoms with Crippen LogP contribution < -0.4 is 0 Å². The first-order valence-electron chi connectivity index (χ1n) is 10.4. The largest absolute Gasteiger partial charge is 0.370 e. The van der Waals surface area contributed by atoms with Crippen LogP contribution in [0.5, 0.6) is 0 Å². The van der Waals surface area contributed by atoms with E-state index in [4.69, 9.17) is 4.74 Å². The smallest absolute Gasteiger partial charge is 0.261 e. The quantitative estimate of drug-likeness (QED) is 0.713. The number of benzene rings is 2. The molecule has 0 aliphatic carbocycles. The summed E-state index contributed by atoms with van der Waals surface area (Å²) in [7, 11) is 0. The van der Waals surface area contributed by atoms with Crippen LogP contribution in [0.2, 0.25) is 0 Å². The number of carbonyl (C=O) groups excluding carboxylic acids is 3. The number of morpholine rings is 1. The summed E-state index contributed by atoms with van der Waals surface area (Å²) in [5.74, 6) is -0.340. The second-order valence-corrected chi connectivity index (χ2v) is 8.23. The van der Waals surface area contributed by atoms with Crippen LogP contribution in [0.25, 0.3) is 0 Å². The van der Waals surface area contributed by atoms with E-state index in [1.165, 1.54) is 4.90 Å². The lowest BCUT2D eigenvalue weighted by Gasteiger charge is -2.33. The van der Waals surface area contributed by atoms with Crippen molar-refractivity contribution in [3.63, 3.8) is 0 Å². The maximum absolute atomic E-state index is 13.1. The third kappa shape index (κ3) is 3.87. The molecule has 2 aliphatic rings. The topological polar surface area (TPSA) is 66.9 Å². The van der Waals surface area contributed by atoms with Gasteiger partial charge in [-0.25, -0.2) is 0 Å². The number of imide groups is 1. The van der Waals surface area contributed by atoms with E-state index in [-0.39, 0.29) is 23.8 Å². The van der Waals surface area contributed by atoms with E-state index in [9.17, 15) is 14.4 Å². The molecule has 4 rings (SSSR count). The molecule has 1 fully saturated rings. The van der Waals surface area contributed by atoms with Crippen molar-refractivity contribution >= 4 is 17.7 Å². The van der Waals surface area contributed by atoms with Gasteiger partial charge in [0, 0.05) is 18.7 Å². The molecule has 0 radical (unpaired) electrons. The van der Waals surface area contributed by atoms with Crippen molar-refractivity contribution in [3.8, 4) is 0 Å². The lowest BCUT2D eigenvalue weighted by molar-refractivity contribution is -0.0228. The summed E-state index contributed by atoms with van der Waals surface area (Å²) >= 11 is 0. The van der Waals surface area contributed by atoms with Gasteiger partial charge < -0.3 is 9.64 Å². The van der Waals surface area contributed by atoms with Gasteiger partial charge >= 0.3 is 0 Å². The Bertz CT molecular complexity index is 970. The second kappa shape index (κ2) is 8.40. The fraction of sp³-hybridized carbons (Fsp3) is 0.375. The zero-order valence-electron chi connectivity index (χ0n) is 17.3. The van der Waals surface area contributed by atoms with Crippen molar-refractivity contribution < 1.29 is 19.1 Å². The summed E-state index contributed by atoms with van der Waals surface area (Å²) < 4.78 is 5.85. The van der Waals surface area contributed by atoms with Crippen LogP contribution >= 0.6 is 0 Å². The average Bonchev–Trinajstić information content (AvgIpc) is 3.01. The summed E-state index contributed by atoms with van der Waals surface area (Å²) in [6, 6.07) is 14.6. The third-order valence-electron chi connectivity index (χ3n) is 5.67. The number of carbonyl (C=O) groups is 3. The van der Waals surface area contributed by atoms with E-state index in [0.717, 1.165) is 12.0 Å². The number of amides is 3. The molecule has 0 spiro atoms. The molecule has 3 amide bonds. The average molecular weight is 406 g/mol. The number of fused-ring (bicyclic) bond motifs is 1. The molecule has 6 nitrogen and oxygen atoms in total. The summed E-state index contributed by atoms with van der Waals surface area (Å²) in [5.41, 5.74) is 2.16. The lowest BCUT2D eigenvalue weighted by Crippen LogP contribution is -2.42. The van der Waals surface area contributed by atoms with Crippen molar-refractivity contribution in [2.24, 2.45) is 5.92 Å². The van der Waals surface area contributed by atoms with Crippen LogP contribution in [0.1, 0.15) is 63.0 Å². The minimum absolute atomic E-state index is 0.150. The predicted octanol–water partition coefficient (Wildman–Crippen LogP) is 3.54. The van der Waals surface area contributed by atoms with Gasteiger partial charge in [-0.3, -0.25) is 19.3 Å². The molecule has 0 bridgehead atoms. The third-order valence-corrected chi connectivity index (χ3v) is 5.67. The highest BCUT2D eigenvalue weighted by Gasteiger charge is 2.36. The number of rotatable bonds is 5. The molecule has 0 N–H and O–H groups in total. The van der Waals surface area contributed by atoms with Crippen molar-refractivity contribution in [2.45, 2.75) is 26.4 Å². The number of hydrogen-bond acceptors (Lipinski definition) is 4. The molecule has 2 heterocycles. The van der Waals surface area contributed by atoms with E-state index in [2.05, 4.69) is 13.8 Å². The van der Waals surface area contributed by atoms with E-state index in [0.29, 0.717) is 48.8 Å². The summed E-state index contributed by atoms with van der Waals surface area (Å²) in [5, 5.41) is 0. The molecule has 6 heteroatoms. The number of hydrogen-bond donors (Lipinski definition) is 0. The Kier molecular flexibility index (Phi) is 5.68. The maximum atomic E-state index is 13.1. The summed E-state index contributed by atoms with van der Waals surface area (Å²) in [4.78, 5) is 41.5. The van der Waals surface area contributed by atoms with E-state index in [1.807, 2.05) is 30.3 Å². The summed E-state index contributed by atoms with van der Waals surface area (Å²) in [6.45, 7) is 5.91. The molecule has 1 saturated heterocycles. The molecule has 2 aliphatic heterocycles. The molecule has 0 saturated carbocycles. The van der Waals surface area contributed by atoms with E-state index in [1.54, 1.807) is 23.1 Å². The Morgan fingerprint density at radius 3 is 2.53 bits per heavy atom. The number of ether oxygens (including phenoxy) is 1. The normalized spacial score (nSPS) is 18.8. The van der Waals surface area contributed by atoms with Crippen LogP contribution in [-0.2, 0) is 4.74 Å². The second-order valence-electron chi connectivity index (χ2n) is 8.23. The van der Waals surface area contributed by atoms with Gasteiger partial charge in [0.1, 0.15) is 6.10 Å². The van der Waals surface area contributed by atoms with Crippen LogP contribution in [-0.4, -0.2) is 53.8 Å². The zero-order valence-corrected chi connectivity index (χ0v) is 17.3. The molecule has 0 aromatic heterocycles.